The topological polar surface area (TPSA) is 110 Å². The molecule has 1 amide bonds. The maximum atomic E-state index is 12.5. The lowest BCUT2D eigenvalue weighted by atomic mass is 10.1. The normalized spacial score (nSPS) is 14.0. The molecule has 1 N–H and O–H groups in total. The van der Waals surface area contributed by atoms with Gasteiger partial charge in [-0.1, -0.05) is 19.9 Å². The first-order valence-corrected chi connectivity index (χ1v) is 9.76. The van der Waals surface area contributed by atoms with E-state index in [-0.39, 0.29) is 23.3 Å². The third-order valence-electron chi connectivity index (χ3n) is 4.10. The van der Waals surface area contributed by atoms with Crippen LogP contribution >= 0.6 is 0 Å². The quantitative estimate of drug-likeness (QED) is 0.584. The van der Waals surface area contributed by atoms with E-state index in [2.05, 4.69) is 5.32 Å². The molecule has 0 bridgehead atoms. The van der Waals surface area contributed by atoms with E-state index in [9.17, 15) is 23.3 Å². The highest BCUT2D eigenvalue weighted by molar-refractivity contribution is 7.92. The molecule has 0 saturated heterocycles. The zero-order valence-electron chi connectivity index (χ0n) is 15.3. The standard InChI is InChI=1S/C16H25N3O5S/c1-10(2)12(4)17-16(20)13(5)18(25(6,23)24)15-9-14(19(21)22)8-7-11(15)3/h7-10,12-13H,1-6H3,(H,17,20)/t12-,13-/m1/s1. The van der Waals surface area contributed by atoms with Gasteiger partial charge in [0.25, 0.3) is 5.69 Å². The fraction of sp³-hybridized carbons (Fsp3) is 0.562. The molecule has 0 radical (unpaired) electrons. The number of hydrogen-bond donors (Lipinski definition) is 1. The number of rotatable bonds is 7. The van der Waals surface area contributed by atoms with Crippen LogP contribution in [0.25, 0.3) is 0 Å². The predicted octanol–water partition coefficient (Wildman–Crippen LogP) is 2.22. The second kappa shape index (κ2) is 7.81. The number of nitro groups is 1. The molecule has 1 aromatic rings. The molecule has 25 heavy (non-hydrogen) atoms. The molecule has 0 heterocycles. The van der Waals surface area contributed by atoms with E-state index >= 15 is 0 Å². The van der Waals surface area contributed by atoms with Gasteiger partial charge in [0.1, 0.15) is 6.04 Å². The molecule has 140 valence electrons. The summed E-state index contributed by atoms with van der Waals surface area (Å²) >= 11 is 0. The van der Waals surface area contributed by atoms with Gasteiger partial charge in [0.15, 0.2) is 0 Å². The van der Waals surface area contributed by atoms with Gasteiger partial charge >= 0.3 is 0 Å². The van der Waals surface area contributed by atoms with Crippen molar-refractivity contribution in [3.63, 3.8) is 0 Å². The van der Waals surface area contributed by atoms with Gasteiger partial charge < -0.3 is 5.32 Å². The number of non-ortho nitro benzene ring substituents is 1. The van der Waals surface area contributed by atoms with E-state index in [4.69, 9.17) is 0 Å². The zero-order chi connectivity index (χ0) is 19.5. The highest BCUT2D eigenvalue weighted by Crippen LogP contribution is 2.29. The molecule has 0 saturated carbocycles. The van der Waals surface area contributed by atoms with Crippen molar-refractivity contribution >= 4 is 27.3 Å². The Kier molecular flexibility index (Phi) is 6.53. The van der Waals surface area contributed by atoms with E-state index in [0.29, 0.717) is 5.56 Å². The number of carbonyl (C=O) groups excluding carboxylic acids is 1. The summed E-state index contributed by atoms with van der Waals surface area (Å²) in [6.45, 7) is 8.81. The Morgan fingerprint density at radius 2 is 1.80 bits per heavy atom. The lowest BCUT2D eigenvalue weighted by molar-refractivity contribution is -0.384. The summed E-state index contributed by atoms with van der Waals surface area (Å²) in [6, 6.07) is 2.75. The Bertz CT molecular complexity index is 761. The van der Waals surface area contributed by atoms with Crippen molar-refractivity contribution in [3.8, 4) is 0 Å². The van der Waals surface area contributed by atoms with Crippen LogP contribution in [0.5, 0.6) is 0 Å². The fourth-order valence-corrected chi connectivity index (χ4v) is 3.47. The van der Waals surface area contributed by atoms with Gasteiger partial charge in [-0.15, -0.1) is 0 Å². The summed E-state index contributed by atoms with van der Waals surface area (Å²) in [4.78, 5) is 22.9. The van der Waals surface area contributed by atoms with Crippen molar-refractivity contribution < 1.29 is 18.1 Å². The van der Waals surface area contributed by atoms with Crippen molar-refractivity contribution in [1.29, 1.82) is 0 Å². The van der Waals surface area contributed by atoms with Gasteiger partial charge in [0.05, 0.1) is 16.9 Å². The number of nitrogens with one attached hydrogen (secondary N) is 1. The average Bonchev–Trinajstić information content (AvgIpc) is 2.47. The molecule has 0 fully saturated rings. The molecular weight excluding hydrogens is 346 g/mol. The van der Waals surface area contributed by atoms with Crippen LogP contribution in [0.2, 0.25) is 0 Å². The Balaban J connectivity index is 3.34. The summed E-state index contributed by atoms with van der Waals surface area (Å²) in [6.07, 6.45) is 0.973. The van der Waals surface area contributed by atoms with Crippen LogP contribution in [-0.2, 0) is 14.8 Å². The first-order chi connectivity index (χ1) is 11.4. The summed E-state index contributed by atoms with van der Waals surface area (Å²) in [5.41, 5.74) is 0.404. The number of anilines is 1. The predicted molar refractivity (Wildman–Crippen MR) is 97.1 cm³/mol. The van der Waals surface area contributed by atoms with Crippen LogP contribution in [0.15, 0.2) is 18.2 Å². The number of nitro benzene ring substituents is 1. The minimum atomic E-state index is -3.83. The van der Waals surface area contributed by atoms with Crippen LogP contribution in [0, 0.1) is 23.0 Å². The number of aryl methyl sites for hydroxylation is 1. The summed E-state index contributed by atoms with van der Waals surface area (Å²) < 4.78 is 25.5. The monoisotopic (exact) mass is 371 g/mol. The van der Waals surface area contributed by atoms with Gasteiger partial charge in [0, 0.05) is 18.2 Å². The number of hydrogen-bond acceptors (Lipinski definition) is 5. The number of sulfonamides is 1. The molecule has 1 aromatic carbocycles. The molecule has 8 nitrogen and oxygen atoms in total. The van der Waals surface area contributed by atoms with Crippen LogP contribution in [0.1, 0.15) is 33.3 Å². The summed E-state index contributed by atoms with van der Waals surface area (Å²) in [5.74, 6) is -0.278. The first kappa shape index (κ1) is 20.9. The molecular formula is C16H25N3O5S. The number of amides is 1. The van der Waals surface area contributed by atoms with Crippen molar-refractivity contribution in [3.05, 3.63) is 33.9 Å². The lowest BCUT2D eigenvalue weighted by Gasteiger charge is -2.30. The van der Waals surface area contributed by atoms with Gasteiger partial charge in [-0.3, -0.25) is 19.2 Å². The van der Waals surface area contributed by atoms with E-state index in [0.717, 1.165) is 10.6 Å². The first-order valence-electron chi connectivity index (χ1n) is 7.91. The van der Waals surface area contributed by atoms with Crippen LogP contribution in [0.4, 0.5) is 11.4 Å². The molecule has 0 spiro atoms. The zero-order valence-corrected chi connectivity index (χ0v) is 16.1. The van der Waals surface area contributed by atoms with Crippen molar-refractivity contribution in [2.75, 3.05) is 10.6 Å². The van der Waals surface area contributed by atoms with Crippen LogP contribution in [-0.4, -0.2) is 37.6 Å². The van der Waals surface area contributed by atoms with Crippen molar-refractivity contribution in [2.45, 2.75) is 46.7 Å². The highest BCUT2D eigenvalue weighted by Gasteiger charge is 2.32. The minimum absolute atomic E-state index is 0.122. The van der Waals surface area contributed by atoms with E-state index < -0.39 is 26.9 Å². The minimum Gasteiger partial charge on any atom is -0.352 e. The molecule has 1 rings (SSSR count). The average molecular weight is 371 g/mol. The van der Waals surface area contributed by atoms with Crippen molar-refractivity contribution in [1.82, 2.24) is 5.32 Å². The Morgan fingerprint density at radius 1 is 1.24 bits per heavy atom. The van der Waals surface area contributed by atoms with Crippen LogP contribution in [0.3, 0.4) is 0 Å². The molecule has 2 atom stereocenters. The Labute approximate surface area is 148 Å². The number of benzene rings is 1. The van der Waals surface area contributed by atoms with Gasteiger partial charge in [0.2, 0.25) is 15.9 Å². The second-order valence-electron chi connectivity index (χ2n) is 6.50. The lowest BCUT2D eigenvalue weighted by Crippen LogP contribution is -2.50. The van der Waals surface area contributed by atoms with E-state index in [1.807, 2.05) is 20.8 Å². The Hall–Kier alpha value is -2.16. The van der Waals surface area contributed by atoms with Crippen molar-refractivity contribution in [2.24, 2.45) is 5.92 Å². The summed E-state index contributed by atoms with van der Waals surface area (Å²) in [7, 11) is -3.83. The third-order valence-corrected chi connectivity index (χ3v) is 5.33. The number of carbonyl (C=O) groups is 1. The van der Waals surface area contributed by atoms with Gasteiger partial charge in [-0.2, -0.15) is 0 Å². The molecule has 0 unspecified atom stereocenters. The largest absolute Gasteiger partial charge is 0.352 e. The molecule has 9 heteroatoms. The number of nitrogens with zero attached hydrogens (tertiary/aromatic N) is 2. The molecule has 0 aliphatic rings. The maximum Gasteiger partial charge on any atom is 0.271 e. The fourth-order valence-electron chi connectivity index (χ4n) is 2.24. The Morgan fingerprint density at radius 3 is 2.24 bits per heavy atom. The molecule has 0 aliphatic carbocycles. The molecule has 0 aromatic heterocycles. The van der Waals surface area contributed by atoms with E-state index in [1.54, 1.807) is 6.92 Å². The highest BCUT2D eigenvalue weighted by atomic mass is 32.2. The SMILES string of the molecule is Cc1ccc([N+](=O)[O-])cc1N([C@H](C)C(=O)N[C@H](C)C(C)C)S(C)(=O)=O. The van der Waals surface area contributed by atoms with E-state index in [1.165, 1.54) is 25.1 Å². The second-order valence-corrected chi connectivity index (χ2v) is 8.36. The van der Waals surface area contributed by atoms with Crippen LogP contribution < -0.4 is 9.62 Å². The molecule has 0 aliphatic heterocycles. The maximum absolute atomic E-state index is 12.5. The third kappa shape index (κ3) is 5.15. The smallest absolute Gasteiger partial charge is 0.271 e. The van der Waals surface area contributed by atoms with Gasteiger partial charge in [-0.05, 0) is 32.3 Å². The van der Waals surface area contributed by atoms with Gasteiger partial charge in [-0.25, -0.2) is 8.42 Å². The summed E-state index contributed by atoms with van der Waals surface area (Å²) in [5, 5.41) is 13.8.